The highest BCUT2D eigenvalue weighted by Gasteiger charge is 2.24. The lowest BCUT2D eigenvalue weighted by atomic mass is 9.81. The van der Waals surface area contributed by atoms with Crippen molar-refractivity contribution in [2.45, 2.75) is 94.5 Å². The minimum Gasteiger partial charge on any atom is -0.334 e. The van der Waals surface area contributed by atoms with E-state index in [0.29, 0.717) is 5.92 Å². The van der Waals surface area contributed by atoms with Gasteiger partial charge in [0.15, 0.2) is 0 Å². The fraction of sp³-hybridized carbons (Fsp3) is 0.254. The van der Waals surface area contributed by atoms with E-state index >= 15 is 0 Å². The number of aryl methyl sites for hydroxylation is 1. The van der Waals surface area contributed by atoms with Crippen LogP contribution in [0.4, 0.5) is 5.69 Å². The summed E-state index contributed by atoms with van der Waals surface area (Å²) in [7, 11) is 0. The van der Waals surface area contributed by atoms with Crippen LogP contribution in [-0.2, 0) is 6.42 Å². The monoisotopic (exact) mass is 792 g/mol. The Bertz CT molecular complexity index is 2320. The van der Waals surface area contributed by atoms with Crippen molar-refractivity contribution in [3.05, 3.63) is 209 Å². The number of hydrogen-bond acceptors (Lipinski definition) is 1. The van der Waals surface area contributed by atoms with Crippen molar-refractivity contribution in [1.82, 2.24) is 0 Å². The van der Waals surface area contributed by atoms with Crippen molar-refractivity contribution in [3.8, 4) is 12.8 Å². The van der Waals surface area contributed by atoms with Crippen LogP contribution in [0.25, 0.3) is 34.1 Å². The van der Waals surface area contributed by atoms with E-state index in [1.54, 1.807) is 0 Å². The number of benzene rings is 4. The van der Waals surface area contributed by atoms with Gasteiger partial charge in [-0.2, -0.15) is 0 Å². The van der Waals surface area contributed by atoms with Crippen molar-refractivity contribution >= 4 is 39.8 Å². The predicted molar refractivity (Wildman–Crippen MR) is 272 cm³/mol. The largest absolute Gasteiger partial charge is 0.334 e. The molecule has 0 aromatic heterocycles. The average Bonchev–Trinajstić information content (AvgIpc) is 3.30. The van der Waals surface area contributed by atoms with Gasteiger partial charge in [-0.1, -0.05) is 186 Å². The first-order valence-electron chi connectivity index (χ1n) is 21.9. The highest BCUT2D eigenvalue weighted by atomic mass is 15.2. The summed E-state index contributed by atoms with van der Waals surface area (Å²) in [5, 5.41) is 2.52. The normalized spacial score (nSPS) is 16.5. The quantitative estimate of drug-likeness (QED) is 0.102. The molecule has 310 valence electrons. The number of allylic oxidation sites excluding steroid dienone is 14. The van der Waals surface area contributed by atoms with Crippen molar-refractivity contribution in [2.75, 3.05) is 4.90 Å². The summed E-state index contributed by atoms with van der Waals surface area (Å²) in [6, 6.07) is 29.3. The third kappa shape index (κ3) is 11.8. The third-order valence-electron chi connectivity index (χ3n) is 10.8. The Morgan fingerprint density at radius 1 is 0.783 bits per heavy atom. The second-order valence-electron chi connectivity index (χ2n) is 14.5. The van der Waals surface area contributed by atoms with E-state index in [9.17, 15) is 0 Å². The van der Waals surface area contributed by atoms with Crippen molar-refractivity contribution in [2.24, 2.45) is 5.92 Å². The van der Waals surface area contributed by atoms with Gasteiger partial charge in [0, 0.05) is 11.4 Å². The van der Waals surface area contributed by atoms with Gasteiger partial charge in [-0.15, -0.1) is 12.8 Å². The zero-order valence-corrected chi connectivity index (χ0v) is 38.2. The molecule has 0 fully saturated rings. The predicted octanol–water partition coefficient (Wildman–Crippen LogP) is 16.9. The standard InChI is InChI=1S/C53H55N.2C2H6.C2H2/c1-8-12-13-22-40(7)53(20-10-3)54(44-32-28-41(29-33-44)36-51-39(6)23-18-27-48(51)46-24-15-14-21-38(46)5)45-34-30-43(31-35-45)52-37-42(11-4)47(19-9-2)49-25-16-17-26-50(49)52;3*1-2/h8-22,24-34,37,39,45H,4,23,35-36H2,1-3,5-7H3;2*1-2H3;1-2H/b12-8-,19-9-,20-10-,22-13-,53-40-;;;. The lowest BCUT2D eigenvalue weighted by molar-refractivity contribution is 0.670. The van der Waals surface area contributed by atoms with E-state index in [1.807, 2.05) is 33.8 Å². The van der Waals surface area contributed by atoms with E-state index < -0.39 is 0 Å². The molecule has 0 amide bonds. The molecule has 4 aromatic carbocycles. The van der Waals surface area contributed by atoms with Gasteiger partial charge in [0.25, 0.3) is 0 Å². The summed E-state index contributed by atoms with van der Waals surface area (Å²) in [6.45, 7) is 25.2. The summed E-state index contributed by atoms with van der Waals surface area (Å²) in [6.07, 6.45) is 42.0. The van der Waals surface area contributed by atoms with Crippen LogP contribution in [0.5, 0.6) is 0 Å². The number of rotatable bonds is 12. The van der Waals surface area contributed by atoms with Crippen LogP contribution in [0.15, 0.2) is 175 Å². The molecule has 6 rings (SSSR count). The molecule has 60 heavy (non-hydrogen) atoms. The molecule has 0 N–H and O–H groups in total. The Hall–Kier alpha value is -6.10. The molecule has 2 aliphatic carbocycles. The average molecular weight is 792 g/mol. The summed E-state index contributed by atoms with van der Waals surface area (Å²) in [5.74, 6) is 0.504. The number of terminal acetylenes is 1. The first-order chi connectivity index (χ1) is 29.4. The van der Waals surface area contributed by atoms with Gasteiger partial charge in [0.1, 0.15) is 0 Å². The Kier molecular flexibility index (Phi) is 20.4. The molecule has 0 radical (unpaired) electrons. The molecule has 0 heterocycles. The molecule has 2 unspecified atom stereocenters. The van der Waals surface area contributed by atoms with Crippen molar-refractivity contribution in [1.29, 1.82) is 0 Å². The minimum atomic E-state index is 0.141. The SMILES string of the molecule is C#C.C=Cc1cc(C2=CCC(N(C(/C=C\C)=C(C)\C=C/C=C\C)c3ccc(CC4=C(c5ccccc5C)C=CCC4C)cc3)C=C2)c2ccccc2c1/C=C\C.CC.CC. The molecule has 0 aliphatic heterocycles. The van der Waals surface area contributed by atoms with E-state index in [4.69, 9.17) is 0 Å². The molecule has 0 spiro atoms. The van der Waals surface area contributed by atoms with Crippen LogP contribution in [0, 0.1) is 25.7 Å². The molecule has 2 atom stereocenters. The Morgan fingerprint density at radius 3 is 2.08 bits per heavy atom. The maximum atomic E-state index is 4.17. The van der Waals surface area contributed by atoms with Crippen LogP contribution in [0.2, 0.25) is 0 Å². The smallest absolute Gasteiger partial charge is 0.0560 e. The number of nitrogens with zero attached hydrogens (tertiary/aromatic N) is 1. The molecule has 1 heteroatoms. The molecular formula is C59H69N. The van der Waals surface area contributed by atoms with Gasteiger partial charge in [-0.25, -0.2) is 0 Å². The van der Waals surface area contributed by atoms with Gasteiger partial charge in [0.2, 0.25) is 0 Å². The number of fused-ring (bicyclic) bond motifs is 1. The van der Waals surface area contributed by atoms with Crippen LogP contribution in [0.1, 0.15) is 109 Å². The summed E-state index contributed by atoms with van der Waals surface area (Å²) in [5.41, 5.74) is 15.4. The zero-order chi connectivity index (χ0) is 44.0. The fourth-order valence-corrected chi connectivity index (χ4v) is 7.95. The van der Waals surface area contributed by atoms with Crippen molar-refractivity contribution in [3.63, 3.8) is 0 Å². The van der Waals surface area contributed by atoms with Crippen LogP contribution >= 0.6 is 0 Å². The lowest BCUT2D eigenvalue weighted by Crippen LogP contribution is -2.34. The zero-order valence-electron chi connectivity index (χ0n) is 38.2. The third-order valence-corrected chi connectivity index (χ3v) is 10.8. The van der Waals surface area contributed by atoms with Crippen LogP contribution in [0.3, 0.4) is 0 Å². The van der Waals surface area contributed by atoms with Crippen LogP contribution < -0.4 is 4.90 Å². The van der Waals surface area contributed by atoms with Crippen LogP contribution in [-0.4, -0.2) is 6.04 Å². The first-order valence-corrected chi connectivity index (χ1v) is 21.9. The second kappa shape index (κ2) is 25.4. The van der Waals surface area contributed by atoms with E-state index in [-0.39, 0.29) is 6.04 Å². The molecule has 0 bridgehead atoms. The summed E-state index contributed by atoms with van der Waals surface area (Å²) in [4.78, 5) is 2.52. The van der Waals surface area contributed by atoms with E-state index in [0.717, 1.165) is 24.8 Å². The van der Waals surface area contributed by atoms with Gasteiger partial charge < -0.3 is 4.90 Å². The molecule has 1 nitrogen and oxygen atoms in total. The lowest BCUT2D eigenvalue weighted by Gasteiger charge is -2.35. The van der Waals surface area contributed by atoms with Gasteiger partial charge in [-0.05, 0) is 145 Å². The summed E-state index contributed by atoms with van der Waals surface area (Å²) < 4.78 is 0. The Balaban J connectivity index is 0.00000153. The minimum absolute atomic E-state index is 0.141. The maximum absolute atomic E-state index is 4.17. The van der Waals surface area contributed by atoms with E-state index in [2.05, 4.69) is 224 Å². The molecule has 4 aromatic rings. The first kappa shape index (κ1) is 48.3. The molecular weight excluding hydrogens is 723 g/mol. The molecule has 0 saturated heterocycles. The topological polar surface area (TPSA) is 3.24 Å². The van der Waals surface area contributed by atoms with Crippen molar-refractivity contribution < 1.29 is 0 Å². The molecule has 0 saturated carbocycles. The fourth-order valence-electron chi connectivity index (χ4n) is 7.95. The highest BCUT2D eigenvalue weighted by Crippen LogP contribution is 2.38. The van der Waals surface area contributed by atoms with Gasteiger partial charge >= 0.3 is 0 Å². The Morgan fingerprint density at radius 2 is 1.47 bits per heavy atom. The highest BCUT2D eigenvalue weighted by molar-refractivity contribution is 6.02. The Labute approximate surface area is 365 Å². The van der Waals surface area contributed by atoms with E-state index in [1.165, 1.54) is 72.3 Å². The van der Waals surface area contributed by atoms with Gasteiger partial charge in [0.05, 0.1) is 6.04 Å². The summed E-state index contributed by atoms with van der Waals surface area (Å²) >= 11 is 0. The number of anilines is 1. The molecule has 2 aliphatic rings. The van der Waals surface area contributed by atoms with Gasteiger partial charge in [-0.3, -0.25) is 0 Å². The maximum Gasteiger partial charge on any atom is 0.0560 e. The second-order valence-corrected chi connectivity index (χ2v) is 14.5. The number of hydrogen-bond donors (Lipinski definition) is 0.